The number of esters is 1. The van der Waals surface area contributed by atoms with E-state index < -0.39 is 36.4 Å². The topological polar surface area (TPSA) is 74.2 Å². The lowest BCUT2D eigenvalue weighted by atomic mass is 10.1. The smallest absolute Gasteiger partial charge is 0.337 e. The number of hydrogen-bond donors (Lipinski definition) is 1. The number of carbonyl (C=O) groups is 1. The Balaban J connectivity index is 2.08. The van der Waals surface area contributed by atoms with Gasteiger partial charge in [-0.2, -0.15) is 0 Å². The molecule has 0 aromatic rings. The molecule has 2 heterocycles. The molecule has 0 radical (unpaired) electrons. The fraction of sp³-hybridized carbons (Fsp3) is 0.889. The first-order valence-corrected chi connectivity index (χ1v) is 4.71. The third-order valence-corrected chi connectivity index (χ3v) is 2.45. The number of aliphatic hydroxyl groups excluding tert-OH is 1. The Morgan fingerprint density at radius 1 is 1.40 bits per heavy atom. The molecule has 2 fully saturated rings. The molecule has 2 rings (SSSR count). The van der Waals surface area contributed by atoms with Gasteiger partial charge in [0.2, 0.25) is 0 Å². The van der Waals surface area contributed by atoms with E-state index >= 15 is 0 Å². The van der Waals surface area contributed by atoms with E-state index in [0.717, 1.165) is 0 Å². The van der Waals surface area contributed by atoms with E-state index in [0.29, 0.717) is 0 Å². The lowest BCUT2D eigenvalue weighted by molar-refractivity contribution is -0.219. The Bertz CT molecular complexity index is 276. The average molecular weight is 218 g/mol. The van der Waals surface area contributed by atoms with Crippen LogP contribution in [0.5, 0.6) is 0 Å². The number of methoxy groups -OCH3 is 1. The second-order valence-corrected chi connectivity index (χ2v) is 4.04. The molecule has 2 saturated heterocycles. The predicted octanol–water partition coefficient (Wildman–Crippen LogP) is -0.603. The Morgan fingerprint density at radius 2 is 2.07 bits per heavy atom. The van der Waals surface area contributed by atoms with Crippen molar-refractivity contribution in [3.8, 4) is 0 Å². The van der Waals surface area contributed by atoms with Gasteiger partial charge < -0.3 is 24.1 Å². The molecule has 15 heavy (non-hydrogen) atoms. The molecule has 1 N–H and O–H groups in total. The third kappa shape index (κ3) is 1.74. The second kappa shape index (κ2) is 3.41. The molecule has 86 valence electrons. The van der Waals surface area contributed by atoms with Gasteiger partial charge in [0.15, 0.2) is 18.2 Å². The maximum absolute atomic E-state index is 11.2. The quantitative estimate of drug-likeness (QED) is 0.592. The Morgan fingerprint density at radius 3 is 2.60 bits per heavy atom. The van der Waals surface area contributed by atoms with Gasteiger partial charge in [0.05, 0.1) is 7.11 Å². The van der Waals surface area contributed by atoms with Gasteiger partial charge in [-0.1, -0.05) is 0 Å². The van der Waals surface area contributed by atoms with Gasteiger partial charge in [-0.3, -0.25) is 0 Å². The van der Waals surface area contributed by atoms with Crippen LogP contribution < -0.4 is 0 Å². The van der Waals surface area contributed by atoms with Crippen molar-refractivity contribution in [2.24, 2.45) is 0 Å². The minimum atomic E-state index is -1.05. The minimum Gasteiger partial charge on any atom is -0.467 e. The van der Waals surface area contributed by atoms with Gasteiger partial charge in [-0.05, 0) is 13.8 Å². The van der Waals surface area contributed by atoms with Crippen molar-refractivity contribution < 1.29 is 28.8 Å². The molecular formula is C9H14O6. The highest BCUT2D eigenvalue weighted by Gasteiger charge is 2.56. The van der Waals surface area contributed by atoms with Crippen LogP contribution in [0.25, 0.3) is 0 Å². The van der Waals surface area contributed by atoms with Gasteiger partial charge in [0.1, 0.15) is 12.2 Å². The molecule has 0 spiro atoms. The van der Waals surface area contributed by atoms with Crippen LogP contribution in [-0.2, 0) is 23.7 Å². The number of fused-ring (bicyclic) bond motifs is 1. The largest absolute Gasteiger partial charge is 0.467 e. The molecular weight excluding hydrogens is 204 g/mol. The van der Waals surface area contributed by atoms with Crippen LogP contribution in [0.2, 0.25) is 0 Å². The summed E-state index contributed by atoms with van der Waals surface area (Å²) in [6.07, 6.45) is -3.42. The summed E-state index contributed by atoms with van der Waals surface area (Å²) in [4.78, 5) is 11.2. The Kier molecular flexibility index (Phi) is 2.46. The molecule has 0 aromatic carbocycles. The molecule has 0 bridgehead atoms. The number of carbonyl (C=O) groups excluding carboxylic acids is 1. The van der Waals surface area contributed by atoms with Gasteiger partial charge in [-0.15, -0.1) is 0 Å². The zero-order valence-corrected chi connectivity index (χ0v) is 8.80. The van der Waals surface area contributed by atoms with Crippen molar-refractivity contribution in [3.63, 3.8) is 0 Å². The van der Waals surface area contributed by atoms with Crippen LogP contribution in [0, 0.1) is 0 Å². The van der Waals surface area contributed by atoms with Crippen molar-refractivity contribution >= 4 is 5.97 Å². The summed E-state index contributed by atoms with van der Waals surface area (Å²) in [6.45, 7) is 3.43. The van der Waals surface area contributed by atoms with E-state index in [9.17, 15) is 9.90 Å². The Hall–Kier alpha value is -0.690. The molecule has 0 amide bonds. The Labute approximate surface area is 87.1 Å². The van der Waals surface area contributed by atoms with E-state index in [4.69, 9.17) is 14.2 Å². The molecule has 0 saturated carbocycles. The number of aliphatic hydroxyl groups is 1. The van der Waals surface area contributed by atoms with Crippen LogP contribution in [-0.4, -0.2) is 48.6 Å². The summed E-state index contributed by atoms with van der Waals surface area (Å²) in [5.41, 5.74) is 0. The van der Waals surface area contributed by atoms with E-state index in [1.807, 2.05) is 0 Å². The van der Waals surface area contributed by atoms with Gasteiger partial charge in [-0.25, -0.2) is 4.79 Å². The first-order chi connectivity index (χ1) is 6.94. The molecule has 0 aromatic heterocycles. The maximum atomic E-state index is 11.2. The SMILES string of the molecule is COC(=O)[C@H]1O[C@@H]2OC(C)(C)O[C@@H]2[C@@H]1O. The summed E-state index contributed by atoms with van der Waals surface area (Å²) >= 11 is 0. The molecule has 0 aliphatic carbocycles. The van der Waals surface area contributed by atoms with Crippen molar-refractivity contribution in [2.45, 2.75) is 44.2 Å². The predicted molar refractivity (Wildman–Crippen MR) is 46.7 cm³/mol. The number of rotatable bonds is 1. The van der Waals surface area contributed by atoms with E-state index in [-0.39, 0.29) is 0 Å². The van der Waals surface area contributed by atoms with Crippen LogP contribution in [0.4, 0.5) is 0 Å². The average Bonchev–Trinajstić information content (AvgIpc) is 2.60. The van der Waals surface area contributed by atoms with Crippen molar-refractivity contribution in [1.29, 1.82) is 0 Å². The normalized spacial score (nSPS) is 42.7. The summed E-state index contributed by atoms with van der Waals surface area (Å²) in [5.74, 6) is -1.42. The summed E-state index contributed by atoms with van der Waals surface area (Å²) < 4.78 is 20.5. The van der Waals surface area contributed by atoms with Crippen LogP contribution >= 0.6 is 0 Å². The number of ether oxygens (including phenoxy) is 4. The third-order valence-electron chi connectivity index (χ3n) is 2.45. The van der Waals surface area contributed by atoms with Crippen LogP contribution in [0.15, 0.2) is 0 Å². The first kappa shape index (κ1) is 10.8. The number of hydrogen-bond acceptors (Lipinski definition) is 6. The molecule has 0 unspecified atom stereocenters. The zero-order chi connectivity index (χ0) is 11.2. The van der Waals surface area contributed by atoms with Crippen molar-refractivity contribution in [3.05, 3.63) is 0 Å². The molecule has 6 nitrogen and oxygen atoms in total. The summed E-state index contributed by atoms with van der Waals surface area (Å²) in [7, 11) is 1.23. The summed E-state index contributed by atoms with van der Waals surface area (Å²) in [6, 6.07) is 0. The van der Waals surface area contributed by atoms with Crippen LogP contribution in [0.3, 0.4) is 0 Å². The molecule has 2 aliphatic heterocycles. The van der Waals surface area contributed by atoms with Gasteiger partial charge in [0, 0.05) is 0 Å². The monoisotopic (exact) mass is 218 g/mol. The standard InChI is InChI=1S/C9H14O6/c1-9(2)14-6-4(10)5(7(11)12-3)13-8(6)15-9/h4-6,8,10H,1-3H3/t4-,5+,6-,8-/m1/s1. The highest BCUT2D eigenvalue weighted by molar-refractivity contribution is 5.75. The van der Waals surface area contributed by atoms with Gasteiger partial charge in [0.25, 0.3) is 0 Å². The second-order valence-electron chi connectivity index (χ2n) is 4.04. The van der Waals surface area contributed by atoms with E-state index in [1.54, 1.807) is 13.8 Å². The maximum Gasteiger partial charge on any atom is 0.337 e. The fourth-order valence-electron chi connectivity index (χ4n) is 1.80. The van der Waals surface area contributed by atoms with Crippen molar-refractivity contribution in [1.82, 2.24) is 0 Å². The lowest BCUT2D eigenvalue weighted by Crippen LogP contribution is -2.39. The highest BCUT2D eigenvalue weighted by Crippen LogP contribution is 2.37. The molecule has 2 aliphatic rings. The zero-order valence-electron chi connectivity index (χ0n) is 8.80. The van der Waals surface area contributed by atoms with E-state index in [1.165, 1.54) is 7.11 Å². The lowest BCUT2D eigenvalue weighted by Gasteiger charge is -2.21. The minimum absolute atomic E-state index is 0.623. The summed E-state index contributed by atoms with van der Waals surface area (Å²) in [5, 5.41) is 9.76. The molecule has 6 heteroatoms. The van der Waals surface area contributed by atoms with Crippen LogP contribution in [0.1, 0.15) is 13.8 Å². The first-order valence-electron chi connectivity index (χ1n) is 4.71. The molecule has 4 atom stereocenters. The van der Waals surface area contributed by atoms with Crippen molar-refractivity contribution in [2.75, 3.05) is 7.11 Å². The highest BCUT2D eigenvalue weighted by atomic mass is 16.8. The van der Waals surface area contributed by atoms with Gasteiger partial charge >= 0.3 is 5.97 Å². The van der Waals surface area contributed by atoms with E-state index in [2.05, 4.69) is 4.74 Å². The fourth-order valence-corrected chi connectivity index (χ4v) is 1.80.